The first-order chi connectivity index (χ1) is 11.2. The third kappa shape index (κ3) is 3.97. The maximum absolute atomic E-state index is 11.7. The first kappa shape index (κ1) is 14.8. The highest BCUT2D eigenvalue weighted by atomic mass is 16.5. The number of carbonyl (C=O) groups excluding carboxylic acids is 1. The van der Waals surface area contributed by atoms with E-state index in [-0.39, 0.29) is 12.5 Å². The third-order valence-corrected chi connectivity index (χ3v) is 3.04. The average molecular weight is 313 g/mol. The van der Waals surface area contributed by atoms with E-state index >= 15 is 0 Å². The third-order valence-electron chi connectivity index (χ3n) is 3.04. The van der Waals surface area contributed by atoms with Gasteiger partial charge in [0.05, 0.1) is 12.8 Å². The second kappa shape index (κ2) is 6.78. The Balaban J connectivity index is 1.49. The smallest absolute Gasteiger partial charge is 0.258 e. The van der Waals surface area contributed by atoms with Crippen LogP contribution in [0, 0.1) is 6.92 Å². The van der Waals surface area contributed by atoms with Gasteiger partial charge in [0.2, 0.25) is 11.8 Å². The Kier molecular flexibility index (Phi) is 4.37. The minimum atomic E-state index is -0.224. The predicted molar refractivity (Wildman–Crippen MR) is 80.5 cm³/mol. The fraction of sp³-hybridized carbons (Fsp3) is 0.188. The van der Waals surface area contributed by atoms with Crippen LogP contribution in [-0.2, 0) is 11.3 Å². The maximum Gasteiger partial charge on any atom is 0.258 e. The zero-order valence-corrected chi connectivity index (χ0v) is 12.5. The maximum atomic E-state index is 11.7. The van der Waals surface area contributed by atoms with Gasteiger partial charge in [0, 0.05) is 12.5 Å². The SMILES string of the molecule is Cc1nnc(-c2ccc(OCC(=O)NCc3ccco3)cc2)o1. The van der Waals surface area contributed by atoms with Gasteiger partial charge in [0.1, 0.15) is 11.5 Å². The Morgan fingerprint density at radius 3 is 2.70 bits per heavy atom. The molecule has 2 heterocycles. The number of hydrogen-bond acceptors (Lipinski definition) is 6. The Labute approximate surface area is 132 Å². The van der Waals surface area contributed by atoms with Crippen LogP contribution in [0.15, 0.2) is 51.5 Å². The number of rotatable bonds is 6. The molecule has 0 aliphatic rings. The number of nitrogens with zero attached hydrogens (tertiary/aromatic N) is 2. The zero-order chi connectivity index (χ0) is 16.1. The van der Waals surface area contributed by atoms with Crippen molar-refractivity contribution in [1.29, 1.82) is 0 Å². The van der Waals surface area contributed by atoms with E-state index in [4.69, 9.17) is 13.6 Å². The number of nitrogens with one attached hydrogen (secondary N) is 1. The van der Waals surface area contributed by atoms with Crippen LogP contribution in [0.25, 0.3) is 11.5 Å². The van der Waals surface area contributed by atoms with E-state index in [0.29, 0.717) is 29.8 Å². The molecule has 1 N–H and O–H groups in total. The summed E-state index contributed by atoms with van der Waals surface area (Å²) in [5, 5.41) is 10.4. The quantitative estimate of drug-likeness (QED) is 0.751. The molecule has 0 saturated heterocycles. The number of amides is 1. The second-order valence-corrected chi connectivity index (χ2v) is 4.80. The molecule has 23 heavy (non-hydrogen) atoms. The number of hydrogen-bond donors (Lipinski definition) is 1. The molecule has 2 aromatic heterocycles. The lowest BCUT2D eigenvalue weighted by Crippen LogP contribution is -2.28. The summed E-state index contributed by atoms with van der Waals surface area (Å²) in [6, 6.07) is 10.6. The molecule has 0 atom stereocenters. The molecule has 0 bridgehead atoms. The van der Waals surface area contributed by atoms with E-state index < -0.39 is 0 Å². The number of carbonyl (C=O) groups is 1. The van der Waals surface area contributed by atoms with Gasteiger partial charge in [-0.25, -0.2) is 0 Å². The molecule has 3 aromatic rings. The van der Waals surface area contributed by atoms with Crippen molar-refractivity contribution in [3.63, 3.8) is 0 Å². The summed E-state index contributed by atoms with van der Waals surface area (Å²) >= 11 is 0. The first-order valence-electron chi connectivity index (χ1n) is 7.03. The van der Waals surface area contributed by atoms with Crippen molar-refractivity contribution in [2.75, 3.05) is 6.61 Å². The van der Waals surface area contributed by atoms with E-state index in [1.165, 1.54) is 0 Å². The van der Waals surface area contributed by atoms with Crippen LogP contribution in [0.2, 0.25) is 0 Å². The normalized spacial score (nSPS) is 10.5. The highest BCUT2D eigenvalue weighted by Crippen LogP contribution is 2.21. The number of ether oxygens (including phenoxy) is 1. The summed E-state index contributed by atoms with van der Waals surface area (Å²) in [6.45, 7) is 2.00. The summed E-state index contributed by atoms with van der Waals surface area (Å²) in [4.78, 5) is 11.7. The predicted octanol–water partition coefficient (Wildman–Crippen LogP) is 2.33. The van der Waals surface area contributed by atoms with Crippen LogP contribution < -0.4 is 10.1 Å². The van der Waals surface area contributed by atoms with Crippen LogP contribution in [-0.4, -0.2) is 22.7 Å². The van der Waals surface area contributed by atoms with Crippen molar-refractivity contribution in [2.45, 2.75) is 13.5 Å². The highest BCUT2D eigenvalue weighted by molar-refractivity contribution is 5.77. The second-order valence-electron chi connectivity index (χ2n) is 4.80. The van der Waals surface area contributed by atoms with Gasteiger partial charge in [-0.05, 0) is 36.4 Å². The van der Waals surface area contributed by atoms with E-state index in [2.05, 4.69) is 15.5 Å². The van der Waals surface area contributed by atoms with Gasteiger partial charge in [0.15, 0.2) is 6.61 Å². The molecule has 7 heteroatoms. The molecule has 0 unspecified atom stereocenters. The lowest BCUT2D eigenvalue weighted by atomic mass is 10.2. The molecule has 0 aliphatic carbocycles. The number of aryl methyl sites for hydroxylation is 1. The summed E-state index contributed by atoms with van der Waals surface area (Å²) in [5.74, 6) is 2.01. The minimum absolute atomic E-state index is 0.0697. The Morgan fingerprint density at radius 2 is 2.04 bits per heavy atom. The van der Waals surface area contributed by atoms with Crippen LogP contribution in [0.3, 0.4) is 0 Å². The van der Waals surface area contributed by atoms with Crippen molar-refractivity contribution in [3.05, 3.63) is 54.3 Å². The van der Waals surface area contributed by atoms with E-state index in [0.717, 1.165) is 5.56 Å². The molecule has 1 aromatic carbocycles. The van der Waals surface area contributed by atoms with E-state index in [9.17, 15) is 4.79 Å². The summed E-state index contributed by atoms with van der Waals surface area (Å²) in [5.41, 5.74) is 0.792. The van der Waals surface area contributed by atoms with E-state index in [1.807, 2.05) is 0 Å². The van der Waals surface area contributed by atoms with Crippen LogP contribution in [0.1, 0.15) is 11.7 Å². The van der Waals surface area contributed by atoms with Gasteiger partial charge >= 0.3 is 0 Å². The fourth-order valence-electron chi connectivity index (χ4n) is 1.91. The molecular weight excluding hydrogens is 298 g/mol. The molecule has 0 radical (unpaired) electrons. The largest absolute Gasteiger partial charge is 0.484 e. The molecule has 0 saturated carbocycles. The van der Waals surface area contributed by atoms with Gasteiger partial charge < -0.3 is 18.9 Å². The van der Waals surface area contributed by atoms with Gasteiger partial charge in [0.25, 0.3) is 5.91 Å². The molecule has 0 fully saturated rings. The molecule has 0 spiro atoms. The number of aromatic nitrogens is 2. The van der Waals surface area contributed by atoms with Crippen molar-refractivity contribution in [3.8, 4) is 17.2 Å². The summed E-state index contributed by atoms with van der Waals surface area (Å²) in [6.07, 6.45) is 1.56. The monoisotopic (exact) mass is 313 g/mol. The first-order valence-corrected chi connectivity index (χ1v) is 7.03. The summed E-state index contributed by atoms with van der Waals surface area (Å²) in [7, 11) is 0. The Morgan fingerprint density at radius 1 is 1.22 bits per heavy atom. The van der Waals surface area contributed by atoms with Gasteiger partial charge in [-0.2, -0.15) is 0 Å². The lowest BCUT2D eigenvalue weighted by molar-refractivity contribution is -0.123. The topological polar surface area (TPSA) is 90.4 Å². The highest BCUT2D eigenvalue weighted by Gasteiger charge is 2.07. The molecule has 1 amide bonds. The minimum Gasteiger partial charge on any atom is -0.484 e. The molecule has 3 rings (SSSR count). The van der Waals surface area contributed by atoms with Gasteiger partial charge in [-0.15, -0.1) is 10.2 Å². The standard InChI is InChI=1S/C16H15N3O4/c1-11-18-19-16(23-11)12-4-6-13(7-5-12)22-10-15(20)17-9-14-3-2-8-21-14/h2-8H,9-10H2,1H3,(H,17,20). The average Bonchev–Trinajstić information content (AvgIpc) is 3.23. The molecule has 0 aliphatic heterocycles. The molecule has 118 valence electrons. The van der Waals surface area contributed by atoms with Crippen molar-refractivity contribution < 1.29 is 18.4 Å². The summed E-state index contributed by atoms with van der Waals surface area (Å²) < 4.78 is 15.9. The Bertz CT molecular complexity index is 763. The van der Waals surface area contributed by atoms with Crippen LogP contribution in [0.5, 0.6) is 5.75 Å². The van der Waals surface area contributed by atoms with Gasteiger partial charge in [-0.1, -0.05) is 0 Å². The van der Waals surface area contributed by atoms with Crippen LogP contribution in [0.4, 0.5) is 0 Å². The number of benzene rings is 1. The van der Waals surface area contributed by atoms with Crippen LogP contribution >= 0.6 is 0 Å². The van der Waals surface area contributed by atoms with E-state index in [1.54, 1.807) is 49.6 Å². The number of furan rings is 1. The zero-order valence-electron chi connectivity index (χ0n) is 12.5. The molecule has 7 nitrogen and oxygen atoms in total. The van der Waals surface area contributed by atoms with Crippen molar-refractivity contribution in [1.82, 2.24) is 15.5 Å². The Hall–Kier alpha value is -3.09. The molecular formula is C16H15N3O4. The van der Waals surface area contributed by atoms with Gasteiger partial charge in [-0.3, -0.25) is 4.79 Å². The van der Waals surface area contributed by atoms with Crippen molar-refractivity contribution in [2.24, 2.45) is 0 Å². The van der Waals surface area contributed by atoms with Crippen molar-refractivity contribution >= 4 is 5.91 Å². The lowest BCUT2D eigenvalue weighted by Gasteiger charge is -2.06. The fourth-order valence-corrected chi connectivity index (χ4v) is 1.91.